The number of unbranched alkanes of at least 4 members (excludes halogenated alkanes) is 1. The molecule has 2 aromatic heterocycles. The summed E-state index contributed by atoms with van der Waals surface area (Å²) in [6, 6.07) is 7.10. The summed E-state index contributed by atoms with van der Waals surface area (Å²) in [5.41, 5.74) is 1.29. The molecule has 7 nitrogen and oxygen atoms in total. The molecule has 0 bridgehead atoms. The normalized spacial score (nSPS) is 12.5. The van der Waals surface area contributed by atoms with E-state index in [0.29, 0.717) is 39.1 Å². The second-order valence-electron chi connectivity index (χ2n) is 6.24. The van der Waals surface area contributed by atoms with Gasteiger partial charge in [-0.25, -0.2) is 4.98 Å². The Balaban J connectivity index is 1.48. The number of hydrogen-bond acceptors (Lipinski definition) is 7. The number of nitrogens with zero attached hydrogens (tertiary/aromatic N) is 2. The Kier molecular flexibility index (Phi) is 5.54. The highest BCUT2D eigenvalue weighted by molar-refractivity contribution is 7.99. The van der Waals surface area contributed by atoms with Crippen LogP contribution in [0.4, 0.5) is 5.69 Å². The van der Waals surface area contributed by atoms with E-state index >= 15 is 0 Å². The molecule has 9 heteroatoms. The van der Waals surface area contributed by atoms with Crippen molar-refractivity contribution in [3.63, 3.8) is 0 Å². The summed E-state index contributed by atoms with van der Waals surface area (Å²) in [6.45, 7) is 2.87. The van der Waals surface area contributed by atoms with Crippen LogP contribution in [0, 0.1) is 0 Å². The Bertz CT molecular complexity index is 1080. The van der Waals surface area contributed by atoms with Crippen LogP contribution in [0.1, 0.15) is 19.8 Å². The van der Waals surface area contributed by atoms with Crippen molar-refractivity contribution in [3.8, 4) is 11.5 Å². The van der Waals surface area contributed by atoms with E-state index in [2.05, 4.69) is 17.2 Å². The van der Waals surface area contributed by atoms with Crippen molar-refractivity contribution in [1.82, 2.24) is 9.55 Å². The van der Waals surface area contributed by atoms with Gasteiger partial charge in [0.25, 0.3) is 5.56 Å². The lowest BCUT2D eigenvalue weighted by Crippen LogP contribution is -2.23. The number of thioether (sulfide) groups is 1. The molecule has 3 aromatic rings. The Morgan fingerprint density at radius 1 is 1.32 bits per heavy atom. The third kappa shape index (κ3) is 3.85. The van der Waals surface area contributed by atoms with Crippen molar-refractivity contribution in [3.05, 3.63) is 40.0 Å². The lowest BCUT2D eigenvalue weighted by Gasteiger charge is -2.11. The van der Waals surface area contributed by atoms with E-state index in [1.165, 1.54) is 23.1 Å². The van der Waals surface area contributed by atoms with E-state index in [1.54, 1.807) is 22.8 Å². The molecular weight excluding hydrogens is 398 g/mol. The third-order valence-corrected chi connectivity index (χ3v) is 6.12. The Morgan fingerprint density at radius 3 is 3.04 bits per heavy atom. The Hall–Kier alpha value is -2.52. The van der Waals surface area contributed by atoms with Crippen molar-refractivity contribution >= 4 is 44.9 Å². The lowest BCUT2D eigenvalue weighted by molar-refractivity contribution is -0.113. The van der Waals surface area contributed by atoms with E-state index in [1.807, 2.05) is 11.4 Å². The molecule has 0 spiro atoms. The first-order valence-corrected chi connectivity index (χ1v) is 10.8. The smallest absolute Gasteiger partial charge is 0.272 e. The summed E-state index contributed by atoms with van der Waals surface area (Å²) in [5, 5.41) is 5.28. The van der Waals surface area contributed by atoms with Gasteiger partial charge in [0.2, 0.25) is 12.7 Å². The summed E-state index contributed by atoms with van der Waals surface area (Å²) >= 11 is 2.67. The van der Waals surface area contributed by atoms with Crippen molar-refractivity contribution in [2.45, 2.75) is 31.5 Å². The highest BCUT2D eigenvalue weighted by Gasteiger charge is 2.16. The summed E-state index contributed by atoms with van der Waals surface area (Å²) in [7, 11) is 0. The monoisotopic (exact) mass is 417 g/mol. The lowest BCUT2D eigenvalue weighted by atomic mass is 10.3. The molecule has 0 radical (unpaired) electrons. The minimum absolute atomic E-state index is 0.0351. The van der Waals surface area contributed by atoms with Crippen molar-refractivity contribution in [2.75, 3.05) is 17.9 Å². The number of fused-ring (bicyclic) bond motifs is 2. The maximum absolute atomic E-state index is 12.8. The van der Waals surface area contributed by atoms with E-state index in [-0.39, 0.29) is 24.0 Å². The molecule has 4 rings (SSSR count). The van der Waals surface area contributed by atoms with Gasteiger partial charge in [-0.1, -0.05) is 25.1 Å². The molecule has 1 amide bonds. The van der Waals surface area contributed by atoms with Gasteiger partial charge in [0.15, 0.2) is 16.7 Å². The van der Waals surface area contributed by atoms with Crippen LogP contribution in [0.5, 0.6) is 11.5 Å². The molecule has 0 unspecified atom stereocenters. The molecule has 1 aliphatic rings. The van der Waals surface area contributed by atoms with Gasteiger partial charge in [-0.15, -0.1) is 11.3 Å². The van der Waals surface area contributed by atoms with E-state index in [4.69, 9.17) is 9.47 Å². The SMILES string of the molecule is CCCCn1c(SCC(=O)Nc2ccc3c(c2)OCO3)nc2ccsc2c1=O. The number of aromatic nitrogens is 2. The zero-order chi connectivity index (χ0) is 19.5. The first-order valence-electron chi connectivity index (χ1n) is 8.96. The number of nitrogens with one attached hydrogen (secondary N) is 1. The van der Waals surface area contributed by atoms with Gasteiger partial charge in [0, 0.05) is 18.3 Å². The van der Waals surface area contributed by atoms with Gasteiger partial charge in [0.1, 0.15) is 4.70 Å². The first-order chi connectivity index (χ1) is 13.7. The largest absolute Gasteiger partial charge is 0.454 e. The van der Waals surface area contributed by atoms with Crippen LogP contribution in [0.25, 0.3) is 10.2 Å². The van der Waals surface area contributed by atoms with Gasteiger partial charge < -0.3 is 14.8 Å². The second-order valence-corrected chi connectivity index (χ2v) is 8.10. The molecule has 1 aromatic carbocycles. The number of benzene rings is 1. The highest BCUT2D eigenvalue weighted by Crippen LogP contribution is 2.34. The average Bonchev–Trinajstić information content (AvgIpc) is 3.34. The number of ether oxygens (including phenoxy) is 2. The molecule has 0 atom stereocenters. The average molecular weight is 418 g/mol. The van der Waals surface area contributed by atoms with E-state index < -0.39 is 0 Å². The molecule has 0 aliphatic carbocycles. The van der Waals surface area contributed by atoms with Crippen molar-refractivity contribution in [2.24, 2.45) is 0 Å². The molecule has 0 fully saturated rings. The number of rotatable bonds is 7. The topological polar surface area (TPSA) is 82.5 Å². The van der Waals surface area contributed by atoms with Crippen LogP contribution < -0.4 is 20.3 Å². The molecule has 0 saturated heterocycles. The third-order valence-electron chi connectivity index (χ3n) is 4.25. The van der Waals surface area contributed by atoms with Gasteiger partial charge >= 0.3 is 0 Å². The quantitative estimate of drug-likeness (QED) is 0.466. The number of thiophene rings is 1. The minimum atomic E-state index is -0.175. The standard InChI is InChI=1S/C19H19N3O4S2/c1-2-3-7-22-18(24)17-13(6-8-27-17)21-19(22)28-10-16(23)20-12-4-5-14-15(9-12)26-11-25-14/h4-6,8-9H,2-3,7,10-11H2,1H3,(H,20,23). The van der Waals surface area contributed by atoms with Crippen LogP contribution in [-0.4, -0.2) is 28.0 Å². The number of amides is 1. The van der Waals surface area contributed by atoms with Gasteiger partial charge in [0.05, 0.1) is 11.3 Å². The Labute approximate surface area is 169 Å². The van der Waals surface area contributed by atoms with Crippen molar-refractivity contribution in [1.29, 1.82) is 0 Å². The Morgan fingerprint density at radius 2 is 2.18 bits per heavy atom. The zero-order valence-corrected chi connectivity index (χ0v) is 16.9. The van der Waals surface area contributed by atoms with Crippen LogP contribution >= 0.6 is 23.1 Å². The second kappa shape index (κ2) is 8.24. The van der Waals surface area contributed by atoms with E-state index in [0.717, 1.165) is 12.8 Å². The van der Waals surface area contributed by atoms with Crippen LogP contribution in [0.15, 0.2) is 39.6 Å². The van der Waals surface area contributed by atoms with Crippen LogP contribution in [0.3, 0.4) is 0 Å². The van der Waals surface area contributed by atoms with E-state index in [9.17, 15) is 9.59 Å². The molecule has 1 aliphatic heterocycles. The summed E-state index contributed by atoms with van der Waals surface area (Å²) < 4.78 is 12.9. The minimum Gasteiger partial charge on any atom is -0.454 e. The predicted octanol–water partition coefficient (Wildman–Crippen LogP) is 3.72. The maximum atomic E-state index is 12.8. The predicted molar refractivity (Wildman–Crippen MR) is 111 cm³/mol. The molecule has 0 saturated carbocycles. The number of hydrogen-bond donors (Lipinski definition) is 1. The van der Waals surface area contributed by atoms with Crippen LogP contribution in [-0.2, 0) is 11.3 Å². The molecule has 146 valence electrons. The summed E-state index contributed by atoms with van der Waals surface area (Å²) in [5.74, 6) is 1.26. The molecule has 1 N–H and O–H groups in total. The maximum Gasteiger partial charge on any atom is 0.272 e. The molecule has 28 heavy (non-hydrogen) atoms. The van der Waals surface area contributed by atoms with Gasteiger partial charge in [-0.3, -0.25) is 14.2 Å². The summed E-state index contributed by atoms with van der Waals surface area (Å²) in [4.78, 5) is 29.7. The fourth-order valence-corrected chi connectivity index (χ4v) is 4.45. The van der Waals surface area contributed by atoms with Gasteiger partial charge in [-0.05, 0) is 30.0 Å². The first kappa shape index (κ1) is 18.8. The fourth-order valence-electron chi connectivity index (χ4n) is 2.85. The molecular formula is C19H19N3O4S2. The fraction of sp³-hybridized carbons (Fsp3) is 0.316. The molecule has 3 heterocycles. The number of carbonyl (C=O) groups excluding carboxylic acids is 1. The van der Waals surface area contributed by atoms with Crippen molar-refractivity contribution < 1.29 is 14.3 Å². The highest BCUT2D eigenvalue weighted by atomic mass is 32.2. The number of carbonyl (C=O) groups is 1. The zero-order valence-electron chi connectivity index (χ0n) is 15.3. The van der Waals surface area contributed by atoms with Crippen LogP contribution in [0.2, 0.25) is 0 Å². The summed E-state index contributed by atoms with van der Waals surface area (Å²) in [6.07, 6.45) is 1.86. The number of anilines is 1. The van der Waals surface area contributed by atoms with Gasteiger partial charge in [-0.2, -0.15) is 0 Å².